The first kappa shape index (κ1) is 30.7. The number of rotatable bonds is 10. The van der Waals surface area contributed by atoms with Crippen molar-refractivity contribution in [3.05, 3.63) is 71.4 Å². The number of alkyl carbamates (subject to hydrolysis) is 1. The molecule has 10 nitrogen and oxygen atoms in total. The molecule has 1 aliphatic rings. The van der Waals surface area contributed by atoms with E-state index in [1.165, 1.54) is 20.4 Å². The van der Waals surface area contributed by atoms with E-state index in [-0.39, 0.29) is 43.0 Å². The molecule has 3 atom stereocenters. The molecule has 0 radical (unpaired) electrons. The van der Waals surface area contributed by atoms with Gasteiger partial charge < -0.3 is 30.2 Å². The van der Waals surface area contributed by atoms with Crippen molar-refractivity contribution in [1.82, 2.24) is 15.3 Å². The minimum absolute atomic E-state index is 0.0487. The largest absolute Gasteiger partial charge is 0.491 e. The average Bonchev–Trinajstić information content (AvgIpc) is 2.95. The van der Waals surface area contributed by atoms with Crippen LogP contribution in [0.1, 0.15) is 23.0 Å². The van der Waals surface area contributed by atoms with Gasteiger partial charge >= 0.3 is 6.09 Å². The molecule has 3 N–H and O–H groups in total. The van der Waals surface area contributed by atoms with Crippen molar-refractivity contribution in [1.29, 1.82) is 0 Å². The number of ether oxygens (including phenoxy) is 3. The Morgan fingerprint density at radius 1 is 1.07 bits per heavy atom. The van der Waals surface area contributed by atoms with Gasteiger partial charge in [-0.25, -0.2) is 22.9 Å². The van der Waals surface area contributed by atoms with Crippen LogP contribution in [0.2, 0.25) is 0 Å². The molecule has 1 aromatic carbocycles. The highest BCUT2D eigenvalue weighted by molar-refractivity contribution is 5.97. The number of ketones is 1. The fraction of sp³-hybridized carbons (Fsp3) is 0.379. The highest BCUT2D eigenvalue weighted by Crippen LogP contribution is 2.31. The van der Waals surface area contributed by atoms with Gasteiger partial charge in [-0.3, -0.25) is 9.78 Å². The first-order valence-electron chi connectivity index (χ1n) is 13.2. The summed E-state index contributed by atoms with van der Waals surface area (Å²) in [5.41, 5.74) is 6.12. The van der Waals surface area contributed by atoms with Crippen molar-refractivity contribution in [2.45, 2.75) is 25.4 Å². The Hall–Kier alpha value is -4.23. The van der Waals surface area contributed by atoms with Crippen LogP contribution in [-0.2, 0) is 15.9 Å². The van der Waals surface area contributed by atoms with Crippen molar-refractivity contribution in [2.24, 2.45) is 11.7 Å². The van der Waals surface area contributed by atoms with Gasteiger partial charge in [-0.15, -0.1) is 0 Å². The minimum atomic E-state index is -1.09. The highest BCUT2D eigenvalue weighted by Gasteiger charge is 2.34. The van der Waals surface area contributed by atoms with E-state index < -0.39 is 46.6 Å². The quantitative estimate of drug-likeness (QED) is 0.270. The first-order chi connectivity index (χ1) is 20.1. The summed E-state index contributed by atoms with van der Waals surface area (Å²) in [5.74, 6) is -3.84. The van der Waals surface area contributed by atoms with E-state index in [0.29, 0.717) is 24.3 Å². The molecule has 3 heterocycles. The Balaban J connectivity index is 1.55. The topological polar surface area (TPSA) is 129 Å². The number of halogens is 3. The molecule has 3 aromatic rings. The Morgan fingerprint density at radius 2 is 1.81 bits per heavy atom. The van der Waals surface area contributed by atoms with Crippen molar-refractivity contribution >= 4 is 17.6 Å². The smallest absolute Gasteiger partial charge is 0.407 e. The molecule has 0 spiro atoms. The van der Waals surface area contributed by atoms with E-state index in [4.69, 9.17) is 19.9 Å². The van der Waals surface area contributed by atoms with E-state index in [0.717, 1.165) is 24.3 Å². The standard InChI is InChI=1S/C29H32F3N5O5/c1-16-14-37(15-22(33)27(16)36-29(39)41-3)24-6-7-34-13-17(24)10-25(38)23-5-4-19(30)28(35-23)26-20(31)11-18(12-21(26)32)42-9-8-40-2/h4-7,11-13,16,22,27H,8-10,14-15,33H2,1-3H3,(H,36,39)/t16-,22+,27-/m0/s1. The lowest BCUT2D eigenvalue weighted by atomic mass is 9.89. The van der Waals surface area contributed by atoms with Gasteiger partial charge in [-0.2, -0.15) is 0 Å². The molecule has 0 aliphatic carbocycles. The van der Waals surface area contributed by atoms with Crippen LogP contribution >= 0.6 is 0 Å². The first-order valence-corrected chi connectivity index (χ1v) is 13.2. The Bertz CT molecular complexity index is 1410. The molecule has 0 saturated carbocycles. The third kappa shape index (κ3) is 6.97. The molecule has 0 bridgehead atoms. The molecule has 0 unspecified atom stereocenters. The SMILES string of the molecule is COCCOc1cc(F)c(-c2nc(C(=O)Cc3cnccc3N3C[C@@H](N)[C@@H](NC(=O)OC)[C@@H](C)C3)ccc2F)c(F)c1. The summed E-state index contributed by atoms with van der Waals surface area (Å²) in [4.78, 5) is 35.2. The molecule has 4 rings (SSSR count). The second-order valence-corrected chi connectivity index (χ2v) is 9.94. The number of methoxy groups -OCH3 is 2. The number of hydrogen-bond donors (Lipinski definition) is 2. The molecule has 13 heteroatoms. The van der Waals surface area contributed by atoms with Gasteiger partial charge in [0.05, 0.1) is 25.3 Å². The molecular formula is C29H32F3N5O5. The molecule has 1 amide bonds. The summed E-state index contributed by atoms with van der Waals surface area (Å²) in [5, 5.41) is 2.77. The lowest BCUT2D eigenvalue weighted by Gasteiger charge is -2.42. The number of hydrogen-bond acceptors (Lipinski definition) is 9. The number of piperidine rings is 1. The number of pyridine rings is 2. The minimum Gasteiger partial charge on any atom is -0.491 e. The maximum Gasteiger partial charge on any atom is 0.407 e. The third-order valence-electron chi connectivity index (χ3n) is 6.99. The van der Waals surface area contributed by atoms with E-state index >= 15 is 0 Å². The van der Waals surface area contributed by atoms with Crippen LogP contribution in [-0.4, -0.2) is 74.5 Å². The van der Waals surface area contributed by atoms with Crippen LogP contribution in [0.15, 0.2) is 42.7 Å². The fourth-order valence-corrected chi connectivity index (χ4v) is 4.97. The average molecular weight is 588 g/mol. The molecule has 2 aromatic heterocycles. The van der Waals surface area contributed by atoms with Gasteiger partial charge in [0.25, 0.3) is 0 Å². The van der Waals surface area contributed by atoms with Crippen LogP contribution in [0.5, 0.6) is 5.75 Å². The maximum absolute atomic E-state index is 14.9. The Labute approximate surface area is 241 Å². The zero-order valence-corrected chi connectivity index (χ0v) is 23.4. The van der Waals surface area contributed by atoms with Crippen molar-refractivity contribution in [2.75, 3.05) is 45.4 Å². The van der Waals surface area contributed by atoms with Crippen LogP contribution in [0.25, 0.3) is 11.3 Å². The summed E-state index contributed by atoms with van der Waals surface area (Å²) in [7, 11) is 2.74. The molecule has 1 aliphatic heterocycles. The Kier molecular flexibility index (Phi) is 9.96. The van der Waals surface area contributed by atoms with Crippen molar-refractivity contribution in [3.63, 3.8) is 0 Å². The van der Waals surface area contributed by atoms with Gasteiger partial charge in [0, 0.05) is 68.4 Å². The van der Waals surface area contributed by atoms with Crippen molar-refractivity contribution < 1.29 is 37.0 Å². The van der Waals surface area contributed by atoms with Crippen LogP contribution in [0, 0.1) is 23.4 Å². The monoisotopic (exact) mass is 587 g/mol. The molecule has 42 heavy (non-hydrogen) atoms. The van der Waals surface area contributed by atoms with E-state index in [2.05, 4.69) is 15.3 Å². The predicted molar refractivity (Wildman–Crippen MR) is 148 cm³/mol. The number of aromatic nitrogens is 2. The maximum atomic E-state index is 14.9. The molecule has 1 saturated heterocycles. The van der Waals surface area contributed by atoms with Gasteiger partial charge in [-0.1, -0.05) is 6.92 Å². The van der Waals surface area contributed by atoms with Gasteiger partial charge in [0.15, 0.2) is 5.78 Å². The lowest BCUT2D eigenvalue weighted by Crippen LogP contribution is -2.62. The summed E-state index contributed by atoms with van der Waals surface area (Å²) < 4.78 is 59.4. The van der Waals surface area contributed by atoms with E-state index in [1.54, 1.807) is 12.3 Å². The van der Waals surface area contributed by atoms with Crippen molar-refractivity contribution in [3.8, 4) is 17.0 Å². The number of amides is 1. The zero-order valence-electron chi connectivity index (χ0n) is 23.4. The second kappa shape index (κ2) is 13.6. The normalized spacial score (nSPS) is 18.5. The summed E-state index contributed by atoms with van der Waals surface area (Å²) in [6.45, 7) is 3.12. The number of carbonyl (C=O) groups excluding carboxylic acids is 2. The highest BCUT2D eigenvalue weighted by atomic mass is 19.1. The lowest BCUT2D eigenvalue weighted by molar-refractivity contribution is 0.0988. The van der Waals surface area contributed by atoms with Crippen LogP contribution in [0.3, 0.4) is 0 Å². The molecule has 224 valence electrons. The Morgan fingerprint density at radius 3 is 2.48 bits per heavy atom. The summed E-state index contributed by atoms with van der Waals surface area (Å²) in [6, 6.07) is 4.96. The zero-order chi connectivity index (χ0) is 30.4. The van der Waals surface area contributed by atoms with Crippen LogP contribution < -0.4 is 20.7 Å². The number of nitrogens with one attached hydrogen (secondary N) is 1. The summed E-state index contributed by atoms with van der Waals surface area (Å²) >= 11 is 0. The number of benzene rings is 1. The number of carbonyl (C=O) groups is 2. The van der Waals surface area contributed by atoms with E-state index in [9.17, 15) is 22.8 Å². The van der Waals surface area contributed by atoms with Gasteiger partial charge in [0.1, 0.15) is 41.2 Å². The van der Waals surface area contributed by atoms with E-state index in [1.807, 2.05) is 11.8 Å². The second-order valence-electron chi connectivity index (χ2n) is 9.94. The number of Topliss-reactive ketones (excluding diaryl/α,β-unsaturated/α-hetero) is 1. The number of nitrogens with zero attached hydrogens (tertiary/aromatic N) is 3. The van der Waals surface area contributed by atoms with Crippen LogP contribution in [0.4, 0.5) is 23.7 Å². The summed E-state index contributed by atoms with van der Waals surface area (Å²) in [6.07, 6.45) is 2.39. The predicted octanol–water partition coefficient (Wildman–Crippen LogP) is 3.52. The molecular weight excluding hydrogens is 555 g/mol. The molecule has 1 fully saturated rings. The van der Waals surface area contributed by atoms with Gasteiger partial charge in [-0.05, 0) is 24.1 Å². The van der Waals surface area contributed by atoms with Gasteiger partial charge in [0.2, 0.25) is 0 Å². The number of nitrogens with two attached hydrogens (primary N) is 1. The number of anilines is 1. The fourth-order valence-electron chi connectivity index (χ4n) is 4.97. The third-order valence-corrected chi connectivity index (χ3v) is 6.99.